The van der Waals surface area contributed by atoms with Crippen molar-refractivity contribution in [1.82, 2.24) is 0 Å². The molecular weight excluding hydrogens is 192 g/mol. The summed E-state index contributed by atoms with van der Waals surface area (Å²) in [6, 6.07) is 4.88. The molecule has 1 heterocycles. The van der Waals surface area contributed by atoms with Crippen molar-refractivity contribution >= 4 is 11.0 Å². The predicted octanol–water partition coefficient (Wildman–Crippen LogP) is 2.37. The highest BCUT2D eigenvalue weighted by Crippen LogP contribution is 2.28. The van der Waals surface area contributed by atoms with Gasteiger partial charge in [0.05, 0.1) is 5.39 Å². The number of fused-ring (bicyclic) bond motifs is 1. The van der Waals surface area contributed by atoms with E-state index in [2.05, 4.69) is 0 Å². The Labute approximate surface area is 87.0 Å². The fourth-order valence-electron chi connectivity index (χ4n) is 1.72. The standard InChI is InChI=1S/C12H12O3/c1-3-8-5-9(13)12-7(2)4-11(14)15-10(12)6-8/h4-6,13H,3H2,1-2H3. The number of aromatic hydroxyl groups is 1. The molecule has 0 aliphatic carbocycles. The van der Waals surface area contributed by atoms with Gasteiger partial charge in [-0.2, -0.15) is 0 Å². The van der Waals surface area contributed by atoms with Gasteiger partial charge in [0.1, 0.15) is 11.3 Å². The maximum absolute atomic E-state index is 11.2. The van der Waals surface area contributed by atoms with Crippen LogP contribution in [0.3, 0.4) is 0 Å². The Balaban J connectivity index is 2.91. The van der Waals surface area contributed by atoms with Gasteiger partial charge in [-0.25, -0.2) is 4.79 Å². The topological polar surface area (TPSA) is 50.4 Å². The van der Waals surface area contributed by atoms with Crippen molar-refractivity contribution in [1.29, 1.82) is 0 Å². The lowest BCUT2D eigenvalue weighted by Crippen LogP contribution is -1.98. The Morgan fingerprint density at radius 2 is 2.07 bits per heavy atom. The first-order chi connectivity index (χ1) is 7.11. The monoisotopic (exact) mass is 204 g/mol. The quantitative estimate of drug-likeness (QED) is 0.725. The number of phenols is 1. The summed E-state index contributed by atoms with van der Waals surface area (Å²) in [4.78, 5) is 11.2. The van der Waals surface area contributed by atoms with E-state index < -0.39 is 0 Å². The normalized spacial score (nSPS) is 10.8. The van der Waals surface area contributed by atoms with Gasteiger partial charge in [-0.1, -0.05) is 6.92 Å². The van der Waals surface area contributed by atoms with Crippen molar-refractivity contribution in [3.8, 4) is 5.75 Å². The molecule has 78 valence electrons. The Hall–Kier alpha value is -1.77. The first-order valence-electron chi connectivity index (χ1n) is 4.88. The van der Waals surface area contributed by atoms with Crippen molar-refractivity contribution in [2.24, 2.45) is 0 Å². The number of aryl methyl sites for hydroxylation is 2. The average molecular weight is 204 g/mol. The molecule has 0 bridgehead atoms. The van der Waals surface area contributed by atoms with Crippen LogP contribution in [-0.4, -0.2) is 5.11 Å². The van der Waals surface area contributed by atoms with Gasteiger partial charge in [0.25, 0.3) is 0 Å². The number of hydrogen-bond donors (Lipinski definition) is 1. The zero-order valence-electron chi connectivity index (χ0n) is 8.70. The fourth-order valence-corrected chi connectivity index (χ4v) is 1.72. The molecule has 3 nitrogen and oxygen atoms in total. The van der Waals surface area contributed by atoms with Crippen LogP contribution < -0.4 is 5.63 Å². The van der Waals surface area contributed by atoms with Crippen LogP contribution in [0, 0.1) is 6.92 Å². The molecular formula is C12H12O3. The lowest BCUT2D eigenvalue weighted by molar-refractivity contribution is 0.477. The highest BCUT2D eigenvalue weighted by Gasteiger charge is 2.08. The first kappa shape index (κ1) is 9.77. The number of hydrogen-bond acceptors (Lipinski definition) is 3. The summed E-state index contributed by atoms with van der Waals surface area (Å²) in [5, 5.41) is 10.4. The van der Waals surface area contributed by atoms with Crippen LogP contribution >= 0.6 is 0 Å². The molecule has 0 amide bonds. The molecule has 0 aliphatic rings. The van der Waals surface area contributed by atoms with Gasteiger partial charge >= 0.3 is 5.63 Å². The first-order valence-corrected chi connectivity index (χ1v) is 4.88. The molecule has 0 unspecified atom stereocenters. The maximum Gasteiger partial charge on any atom is 0.336 e. The molecule has 3 heteroatoms. The minimum atomic E-state index is -0.382. The zero-order valence-corrected chi connectivity index (χ0v) is 8.70. The fraction of sp³-hybridized carbons (Fsp3) is 0.250. The molecule has 0 spiro atoms. The minimum Gasteiger partial charge on any atom is -0.507 e. The maximum atomic E-state index is 11.2. The minimum absolute atomic E-state index is 0.172. The van der Waals surface area contributed by atoms with Crippen LogP contribution in [-0.2, 0) is 6.42 Å². The largest absolute Gasteiger partial charge is 0.507 e. The van der Waals surface area contributed by atoms with E-state index in [1.165, 1.54) is 6.07 Å². The molecule has 2 aromatic rings. The smallest absolute Gasteiger partial charge is 0.336 e. The third kappa shape index (κ3) is 1.61. The second kappa shape index (κ2) is 3.42. The molecule has 0 atom stereocenters. The van der Waals surface area contributed by atoms with Gasteiger partial charge in [0, 0.05) is 6.07 Å². The van der Waals surface area contributed by atoms with E-state index in [9.17, 15) is 9.90 Å². The van der Waals surface area contributed by atoms with Gasteiger partial charge in [-0.3, -0.25) is 0 Å². The molecule has 1 aromatic heterocycles. The van der Waals surface area contributed by atoms with Crippen LogP contribution in [0.25, 0.3) is 11.0 Å². The Bertz CT molecular complexity index is 567. The molecule has 0 saturated heterocycles. The number of rotatable bonds is 1. The second-order valence-electron chi connectivity index (χ2n) is 3.59. The molecule has 0 aliphatic heterocycles. The van der Waals surface area contributed by atoms with E-state index >= 15 is 0 Å². The van der Waals surface area contributed by atoms with E-state index in [1.807, 2.05) is 6.92 Å². The summed E-state index contributed by atoms with van der Waals surface area (Å²) in [5.74, 6) is 0.172. The highest BCUT2D eigenvalue weighted by molar-refractivity contribution is 5.86. The summed E-state index contributed by atoms with van der Waals surface area (Å²) in [5.41, 5.74) is 1.76. The molecule has 0 radical (unpaired) electrons. The SMILES string of the molecule is CCc1cc(O)c2c(C)cc(=O)oc2c1. The summed E-state index contributed by atoms with van der Waals surface area (Å²) in [7, 11) is 0. The van der Waals surface area contributed by atoms with Crippen LogP contribution in [0.5, 0.6) is 5.75 Å². The van der Waals surface area contributed by atoms with Crippen molar-refractivity contribution in [2.45, 2.75) is 20.3 Å². The zero-order chi connectivity index (χ0) is 11.0. The predicted molar refractivity (Wildman–Crippen MR) is 58.3 cm³/mol. The van der Waals surface area contributed by atoms with E-state index in [-0.39, 0.29) is 11.4 Å². The van der Waals surface area contributed by atoms with Crippen LogP contribution in [0.4, 0.5) is 0 Å². The van der Waals surface area contributed by atoms with Gasteiger partial charge in [-0.05, 0) is 36.6 Å². The summed E-state index contributed by atoms with van der Waals surface area (Å²) >= 11 is 0. The van der Waals surface area contributed by atoms with Gasteiger partial charge in [0.2, 0.25) is 0 Å². The van der Waals surface area contributed by atoms with Crippen molar-refractivity contribution in [3.63, 3.8) is 0 Å². The van der Waals surface area contributed by atoms with Crippen molar-refractivity contribution in [2.75, 3.05) is 0 Å². The summed E-state index contributed by atoms with van der Waals surface area (Å²) in [6.45, 7) is 3.76. The van der Waals surface area contributed by atoms with E-state index in [0.29, 0.717) is 11.0 Å². The van der Waals surface area contributed by atoms with Gasteiger partial charge < -0.3 is 9.52 Å². The van der Waals surface area contributed by atoms with Gasteiger partial charge in [-0.15, -0.1) is 0 Å². The molecule has 15 heavy (non-hydrogen) atoms. The van der Waals surface area contributed by atoms with Crippen molar-refractivity contribution < 1.29 is 9.52 Å². The van der Waals surface area contributed by atoms with Crippen LogP contribution in [0.15, 0.2) is 27.4 Å². The van der Waals surface area contributed by atoms with Crippen LogP contribution in [0.1, 0.15) is 18.1 Å². The Kier molecular flexibility index (Phi) is 2.23. The number of benzene rings is 1. The third-order valence-corrected chi connectivity index (χ3v) is 2.49. The molecule has 0 saturated carbocycles. The third-order valence-electron chi connectivity index (χ3n) is 2.49. The van der Waals surface area contributed by atoms with E-state index in [1.54, 1.807) is 19.1 Å². The molecule has 2 rings (SSSR count). The van der Waals surface area contributed by atoms with Crippen molar-refractivity contribution in [3.05, 3.63) is 39.7 Å². The Morgan fingerprint density at radius 1 is 1.33 bits per heavy atom. The average Bonchev–Trinajstić information content (AvgIpc) is 2.15. The number of phenolic OH excluding ortho intramolecular Hbond substituents is 1. The molecule has 1 N–H and O–H groups in total. The molecule has 0 fully saturated rings. The van der Waals surface area contributed by atoms with E-state index in [4.69, 9.17) is 4.42 Å². The highest BCUT2D eigenvalue weighted by atomic mass is 16.4. The second-order valence-corrected chi connectivity index (χ2v) is 3.59. The van der Waals surface area contributed by atoms with E-state index in [0.717, 1.165) is 17.5 Å². The lowest BCUT2D eigenvalue weighted by Gasteiger charge is -2.05. The molecule has 1 aromatic carbocycles. The van der Waals surface area contributed by atoms with Gasteiger partial charge in [0.15, 0.2) is 0 Å². The van der Waals surface area contributed by atoms with Crippen LogP contribution in [0.2, 0.25) is 0 Å². The Morgan fingerprint density at radius 3 is 2.73 bits per heavy atom. The summed E-state index contributed by atoms with van der Waals surface area (Å²) < 4.78 is 5.05. The lowest BCUT2D eigenvalue weighted by atomic mass is 10.1. The summed E-state index contributed by atoms with van der Waals surface area (Å²) in [6.07, 6.45) is 0.793.